The number of ether oxygens (including phenoxy) is 1. The van der Waals surface area contributed by atoms with Gasteiger partial charge in [-0.1, -0.05) is 35.4 Å². The van der Waals surface area contributed by atoms with Gasteiger partial charge in [0.25, 0.3) is 5.91 Å². The van der Waals surface area contributed by atoms with Crippen LogP contribution in [0.1, 0.15) is 44.5 Å². The largest absolute Gasteiger partial charge is 0.453 e. The number of benzene rings is 2. The molecule has 0 bridgehead atoms. The summed E-state index contributed by atoms with van der Waals surface area (Å²) >= 11 is 0. The molecule has 2 N–H and O–H groups in total. The van der Waals surface area contributed by atoms with Crippen molar-refractivity contribution in [2.45, 2.75) is 33.8 Å². The topological polar surface area (TPSA) is 88.3 Å². The first-order valence-corrected chi connectivity index (χ1v) is 9.43. The van der Waals surface area contributed by atoms with E-state index in [0.717, 1.165) is 27.7 Å². The van der Waals surface area contributed by atoms with E-state index >= 15 is 0 Å². The summed E-state index contributed by atoms with van der Waals surface area (Å²) in [4.78, 5) is 40.4. The quantitative estimate of drug-likeness (QED) is 0.495. The second kappa shape index (κ2) is 8.31. The van der Waals surface area contributed by atoms with Crippen LogP contribution in [-0.2, 0) is 9.53 Å². The Morgan fingerprint density at radius 2 is 1.69 bits per heavy atom. The van der Waals surface area contributed by atoms with Crippen molar-refractivity contribution in [1.82, 2.24) is 10.3 Å². The minimum atomic E-state index is -0.960. The Morgan fingerprint density at radius 1 is 1.03 bits per heavy atom. The van der Waals surface area contributed by atoms with Crippen molar-refractivity contribution in [3.63, 3.8) is 0 Å². The van der Waals surface area contributed by atoms with Gasteiger partial charge in [0, 0.05) is 27.7 Å². The molecule has 0 saturated heterocycles. The summed E-state index contributed by atoms with van der Waals surface area (Å²) in [6.07, 6.45) is -0.960. The number of esters is 1. The summed E-state index contributed by atoms with van der Waals surface area (Å²) in [6.45, 7) is 6.84. The van der Waals surface area contributed by atoms with Gasteiger partial charge in [-0.2, -0.15) is 0 Å². The highest BCUT2D eigenvalue weighted by Gasteiger charge is 2.24. The van der Waals surface area contributed by atoms with Gasteiger partial charge in [-0.15, -0.1) is 0 Å². The predicted octanol–water partition coefficient (Wildman–Crippen LogP) is 3.64. The van der Waals surface area contributed by atoms with Crippen molar-refractivity contribution < 1.29 is 19.1 Å². The zero-order chi connectivity index (χ0) is 21.1. The lowest BCUT2D eigenvalue weighted by Crippen LogP contribution is -2.34. The number of rotatable bonds is 6. The van der Waals surface area contributed by atoms with Gasteiger partial charge >= 0.3 is 5.97 Å². The highest BCUT2D eigenvalue weighted by molar-refractivity contribution is 6.11. The third-order valence-corrected chi connectivity index (χ3v) is 4.69. The SMILES string of the molecule is Cc1cc(C)cc(C(=O)NCC(=O)OC(C)C(=O)c2c(C)[nH]c3ccccc23)c1. The van der Waals surface area contributed by atoms with Crippen molar-refractivity contribution >= 4 is 28.6 Å². The summed E-state index contributed by atoms with van der Waals surface area (Å²) < 4.78 is 5.26. The van der Waals surface area contributed by atoms with E-state index in [9.17, 15) is 14.4 Å². The molecule has 3 aromatic rings. The fourth-order valence-electron chi connectivity index (χ4n) is 3.45. The molecular formula is C23H24N2O4. The number of para-hydroxylation sites is 1. The Balaban J connectivity index is 1.62. The summed E-state index contributed by atoms with van der Waals surface area (Å²) in [7, 11) is 0. The average molecular weight is 392 g/mol. The molecule has 0 radical (unpaired) electrons. The molecule has 1 unspecified atom stereocenters. The number of ketones is 1. The van der Waals surface area contributed by atoms with Crippen molar-refractivity contribution in [3.8, 4) is 0 Å². The van der Waals surface area contributed by atoms with Crippen molar-refractivity contribution in [2.75, 3.05) is 6.54 Å². The highest BCUT2D eigenvalue weighted by Crippen LogP contribution is 2.23. The van der Waals surface area contributed by atoms with Crippen molar-refractivity contribution in [2.24, 2.45) is 0 Å². The maximum atomic E-state index is 12.8. The van der Waals surface area contributed by atoms with E-state index in [0.29, 0.717) is 11.1 Å². The highest BCUT2D eigenvalue weighted by atomic mass is 16.5. The number of amides is 1. The Labute approximate surface area is 169 Å². The molecule has 1 heterocycles. The molecule has 6 heteroatoms. The van der Waals surface area contributed by atoms with Crippen LogP contribution < -0.4 is 5.32 Å². The molecule has 1 atom stereocenters. The molecule has 1 aromatic heterocycles. The molecule has 0 fully saturated rings. The minimum absolute atomic E-state index is 0.283. The predicted molar refractivity (Wildman–Crippen MR) is 111 cm³/mol. The van der Waals surface area contributed by atoms with E-state index < -0.39 is 12.1 Å². The summed E-state index contributed by atoms with van der Waals surface area (Å²) in [5.41, 5.74) is 4.50. The first kappa shape index (κ1) is 20.3. The third-order valence-electron chi connectivity index (χ3n) is 4.69. The zero-order valence-corrected chi connectivity index (χ0v) is 17.0. The van der Waals surface area contributed by atoms with Gasteiger partial charge in [-0.05, 0) is 45.9 Å². The second-order valence-corrected chi connectivity index (χ2v) is 7.23. The summed E-state index contributed by atoms with van der Waals surface area (Å²) in [5, 5.41) is 3.33. The van der Waals surface area contributed by atoms with E-state index in [1.807, 2.05) is 51.1 Å². The van der Waals surface area contributed by atoms with Crippen LogP contribution in [0.25, 0.3) is 10.9 Å². The molecule has 0 aliphatic carbocycles. The van der Waals surface area contributed by atoms with Crippen molar-refractivity contribution in [1.29, 1.82) is 0 Å². The molecule has 2 aromatic carbocycles. The van der Waals surface area contributed by atoms with Gasteiger partial charge in [0.1, 0.15) is 6.54 Å². The first-order valence-electron chi connectivity index (χ1n) is 9.43. The maximum Gasteiger partial charge on any atom is 0.326 e. The number of aryl methyl sites for hydroxylation is 3. The number of H-pyrrole nitrogens is 1. The number of carbonyl (C=O) groups excluding carboxylic acids is 3. The Morgan fingerprint density at radius 3 is 2.38 bits per heavy atom. The minimum Gasteiger partial charge on any atom is -0.453 e. The van der Waals surface area contributed by atoms with E-state index in [-0.39, 0.29) is 18.2 Å². The van der Waals surface area contributed by atoms with Gasteiger partial charge in [0.15, 0.2) is 6.10 Å². The smallest absolute Gasteiger partial charge is 0.326 e. The number of nitrogens with one attached hydrogen (secondary N) is 2. The Bertz CT molecular complexity index is 1080. The molecular weight excluding hydrogens is 368 g/mol. The molecule has 3 rings (SSSR count). The van der Waals surface area contributed by atoms with Crippen LogP contribution >= 0.6 is 0 Å². The van der Waals surface area contributed by atoms with E-state index in [2.05, 4.69) is 10.3 Å². The van der Waals surface area contributed by atoms with Gasteiger partial charge in [0.05, 0.1) is 0 Å². The summed E-state index contributed by atoms with van der Waals surface area (Å²) in [5.74, 6) is -1.31. The van der Waals surface area contributed by atoms with Crippen LogP contribution in [0, 0.1) is 20.8 Å². The monoisotopic (exact) mass is 392 g/mol. The first-order chi connectivity index (χ1) is 13.8. The Hall–Kier alpha value is -3.41. The van der Waals surface area contributed by atoms with Crippen LogP contribution in [0.15, 0.2) is 42.5 Å². The van der Waals surface area contributed by atoms with Crippen LogP contribution in [0.5, 0.6) is 0 Å². The lowest BCUT2D eigenvalue weighted by atomic mass is 10.0. The molecule has 0 aliphatic rings. The average Bonchev–Trinajstić information content (AvgIpc) is 3.00. The number of Topliss-reactive ketones (excluding diaryl/α,β-unsaturated/α-hetero) is 1. The molecule has 0 aliphatic heterocycles. The third kappa shape index (κ3) is 4.54. The normalized spacial score (nSPS) is 11.9. The van der Waals surface area contributed by atoms with Gasteiger partial charge < -0.3 is 15.0 Å². The van der Waals surface area contributed by atoms with Crippen LogP contribution in [0.3, 0.4) is 0 Å². The molecule has 0 spiro atoms. The Kier molecular flexibility index (Phi) is 5.82. The van der Waals surface area contributed by atoms with Gasteiger partial charge in [0.2, 0.25) is 5.78 Å². The number of hydrogen-bond donors (Lipinski definition) is 2. The van der Waals surface area contributed by atoms with E-state index in [4.69, 9.17) is 4.74 Å². The number of aromatic nitrogens is 1. The van der Waals surface area contributed by atoms with Crippen LogP contribution in [-0.4, -0.2) is 35.3 Å². The van der Waals surface area contributed by atoms with Crippen LogP contribution in [0.2, 0.25) is 0 Å². The fourth-order valence-corrected chi connectivity index (χ4v) is 3.45. The van der Waals surface area contributed by atoms with Crippen molar-refractivity contribution in [3.05, 3.63) is 70.4 Å². The molecule has 29 heavy (non-hydrogen) atoms. The number of fused-ring (bicyclic) bond motifs is 1. The molecule has 6 nitrogen and oxygen atoms in total. The van der Waals surface area contributed by atoms with Gasteiger partial charge in [-0.25, -0.2) is 0 Å². The number of carbonyl (C=O) groups is 3. The molecule has 150 valence electrons. The fraction of sp³-hybridized carbons (Fsp3) is 0.261. The number of aromatic amines is 1. The standard InChI is InChI=1S/C23H24N2O4/c1-13-9-14(2)11-17(10-13)23(28)24-12-20(26)29-16(4)22(27)21-15(3)25-19-8-6-5-7-18(19)21/h5-11,16,25H,12H2,1-4H3,(H,24,28). The molecule has 0 saturated carbocycles. The summed E-state index contributed by atoms with van der Waals surface area (Å²) in [6, 6.07) is 12.9. The van der Waals surface area contributed by atoms with E-state index in [1.165, 1.54) is 6.92 Å². The lowest BCUT2D eigenvalue weighted by Gasteiger charge is -2.13. The van der Waals surface area contributed by atoms with Crippen LogP contribution in [0.4, 0.5) is 0 Å². The maximum absolute atomic E-state index is 12.8. The van der Waals surface area contributed by atoms with E-state index in [1.54, 1.807) is 12.1 Å². The lowest BCUT2D eigenvalue weighted by molar-refractivity contribution is -0.145. The molecule has 1 amide bonds. The van der Waals surface area contributed by atoms with Gasteiger partial charge in [-0.3, -0.25) is 14.4 Å². The zero-order valence-electron chi connectivity index (χ0n) is 17.0. The second-order valence-electron chi connectivity index (χ2n) is 7.23. The number of hydrogen-bond acceptors (Lipinski definition) is 4.